The predicted molar refractivity (Wildman–Crippen MR) is 137 cm³/mol. The highest BCUT2D eigenvalue weighted by Gasteiger charge is 2.29. The molecule has 0 radical (unpaired) electrons. The van der Waals surface area contributed by atoms with Crippen LogP contribution in [0.25, 0.3) is 5.76 Å². The number of aromatic nitrogens is 2. The van der Waals surface area contributed by atoms with Gasteiger partial charge in [0.2, 0.25) is 0 Å². The van der Waals surface area contributed by atoms with Gasteiger partial charge in [0.15, 0.2) is 0 Å². The van der Waals surface area contributed by atoms with Crippen molar-refractivity contribution < 1.29 is 14.3 Å². The molecule has 0 aliphatic carbocycles. The van der Waals surface area contributed by atoms with Crippen LogP contribution in [0.3, 0.4) is 0 Å². The minimum Gasteiger partial charge on any atom is -0.455 e. The van der Waals surface area contributed by atoms with E-state index in [9.17, 15) is 4.79 Å². The first-order valence-electron chi connectivity index (χ1n) is 12.2. The maximum absolute atomic E-state index is 12.5. The number of carbonyl (C=O) groups is 1. The van der Waals surface area contributed by atoms with Gasteiger partial charge in [-0.05, 0) is 78.2 Å². The molecule has 0 saturated carbocycles. The zero-order valence-corrected chi connectivity index (χ0v) is 21.4. The highest BCUT2D eigenvalue weighted by molar-refractivity contribution is 5.74. The number of aliphatic imine (C=N–C) groups is 1. The Balaban J connectivity index is 1.83. The van der Waals surface area contributed by atoms with E-state index in [0.717, 1.165) is 54.3 Å². The summed E-state index contributed by atoms with van der Waals surface area (Å²) in [5, 5.41) is 0. The van der Waals surface area contributed by atoms with E-state index < -0.39 is 5.60 Å². The van der Waals surface area contributed by atoms with E-state index >= 15 is 0 Å². The molecule has 7 nitrogen and oxygen atoms in total. The van der Waals surface area contributed by atoms with Crippen LogP contribution < -0.4 is 4.74 Å². The van der Waals surface area contributed by atoms with Crippen LogP contribution in [-0.2, 0) is 4.74 Å². The summed E-state index contributed by atoms with van der Waals surface area (Å²) < 4.78 is 14.1. The van der Waals surface area contributed by atoms with E-state index in [1.807, 2.05) is 53.0 Å². The number of piperidine rings is 1. The first-order valence-corrected chi connectivity index (χ1v) is 12.2. The van der Waals surface area contributed by atoms with Crippen LogP contribution in [0.2, 0.25) is 0 Å². The molecule has 1 saturated heterocycles. The number of hydrogen-bond donors (Lipinski definition) is 0. The third-order valence-electron chi connectivity index (χ3n) is 5.71. The molecule has 0 spiro atoms. The Bertz CT molecular complexity index is 1020. The van der Waals surface area contributed by atoms with E-state index in [1.54, 1.807) is 11.1 Å². The van der Waals surface area contributed by atoms with E-state index in [-0.39, 0.29) is 12.1 Å². The van der Waals surface area contributed by atoms with Crippen molar-refractivity contribution >= 4 is 23.9 Å². The average Bonchev–Trinajstić information content (AvgIpc) is 3.20. The van der Waals surface area contributed by atoms with Crippen LogP contribution in [0.15, 0.2) is 41.7 Å². The van der Waals surface area contributed by atoms with Crippen molar-refractivity contribution in [2.24, 2.45) is 4.99 Å². The van der Waals surface area contributed by atoms with Gasteiger partial charge in [0.1, 0.15) is 22.9 Å². The molecule has 2 aromatic heterocycles. The van der Waals surface area contributed by atoms with Crippen LogP contribution in [0.4, 0.5) is 10.6 Å². The summed E-state index contributed by atoms with van der Waals surface area (Å²) in [6.07, 6.45) is 11.2. The van der Waals surface area contributed by atoms with E-state index in [1.165, 1.54) is 0 Å². The number of carbonyl (C=O) groups excluding carboxylic acids is 1. The molecule has 1 aliphatic heterocycles. The largest absolute Gasteiger partial charge is 0.455 e. The van der Waals surface area contributed by atoms with Crippen LogP contribution in [0, 0.1) is 6.92 Å². The molecular formula is C27H38N4O3. The van der Waals surface area contributed by atoms with Crippen LogP contribution in [0.5, 0.6) is 5.75 Å². The van der Waals surface area contributed by atoms with Gasteiger partial charge in [-0.15, -0.1) is 0 Å². The molecule has 0 atom stereocenters. The van der Waals surface area contributed by atoms with Gasteiger partial charge >= 0.3 is 6.09 Å². The molecule has 2 aromatic rings. The lowest BCUT2D eigenvalue weighted by Gasteiger charge is -2.34. The van der Waals surface area contributed by atoms with Gasteiger partial charge in [0, 0.05) is 37.7 Å². The van der Waals surface area contributed by atoms with Crippen molar-refractivity contribution in [2.45, 2.75) is 78.9 Å². The Morgan fingerprint density at radius 1 is 1.26 bits per heavy atom. The minimum atomic E-state index is -0.486. The topological polar surface area (TPSA) is 69.0 Å². The summed E-state index contributed by atoms with van der Waals surface area (Å²) in [6, 6.07) is 6.15. The second-order valence-electron chi connectivity index (χ2n) is 9.59. The second-order valence-corrected chi connectivity index (χ2v) is 9.59. The number of allylic oxidation sites excluding steroid dienone is 1. The lowest BCUT2D eigenvalue weighted by molar-refractivity contribution is 0.0189. The number of nitrogens with zero attached hydrogens (tertiary/aromatic N) is 4. The third-order valence-corrected chi connectivity index (χ3v) is 5.71. The van der Waals surface area contributed by atoms with Gasteiger partial charge in [-0.3, -0.25) is 4.98 Å². The number of amides is 1. The molecular weight excluding hydrogens is 428 g/mol. The molecule has 7 heteroatoms. The van der Waals surface area contributed by atoms with Gasteiger partial charge in [-0.25, -0.2) is 9.79 Å². The van der Waals surface area contributed by atoms with Crippen LogP contribution >= 0.6 is 0 Å². The Hall–Kier alpha value is -3.09. The normalized spacial score (nSPS) is 15.7. The molecule has 3 heterocycles. The minimum absolute atomic E-state index is 0.240. The molecule has 184 valence electrons. The molecule has 34 heavy (non-hydrogen) atoms. The van der Waals surface area contributed by atoms with Gasteiger partial charge in [0.05, 0.1) is 11.3 Å². The quantitative estimate of drug-likeness (QED) is 0.336. The highest BCUT2D eigenvalue weighted by atomic mass is 16.6. The summed E-state index contributed by atoms with van der Waals surface area (Å²) in [5.41, 5.74) is 1.32. The summed E-state index contributed by atoms with van der Waals surface area (Å²) in [4.78, 5) is 23.4. The zero-order chi connectivity index (χ0) is 24.7. The molecule has 3 rings (SSSR count). The fourth-order valence-electron chi connectivity index (χ4n) is 4.02. The van der Waals surface area contributed by atoms with Crippen molar-refractivity contribution in [1.29, 1.82) is 0 Å². The zero-order valence-electron chi connectivity index (χ0n) is 21.4. The Kier molecular flexibility index (Phi) is 8.53. The van der Waals surface area contributed by atoms with Gasteiger partial charge in [-0.2, -0.15) is 0 Å². The van der Waals surface area contributed by atoms with Gasteiger partial charge < -0.3 is 18.9 Å². The number of pyridine rings is 1. The first-order chi connectivity index (χ1) is 16.2. The van der Waals surface area contributed by atoms with Crippen LogP contribution in [0.1, 0.15) is 77.6 Å². The summed E-state index contributed by atoms with van der Waals surface area (Å²) in [7, 11) is 0. The van der Waals surface area contributed by atoms with Gasteiger partial charge in [-0.1, -0.05) is 13.3 Å². The van der Waals surface area contributed by atoms with Crippen molar-refractivity contribution in [3.63, 3.8) is 0 Å². The summed E-state index contributed by atoms with van der Waals surface area (Å²) >= 11 is 0. The van der Waals surface area contributed by atoms with Gasteiger partial charge in [0.25, 0.3) is 0 Å². The first kappa shape index (κ1) is 25.5. The predicted octanol–water partition coefficient (Wildman–Crippen LogP) is 6.71. The Morgan fingerprint density at radius 3 is 2.62 bits per heavy atom. The van der Waals surface area contributed by atoms with Crippen molar-refractivity contribution in [1.82, 2.24) is 14.5 Å². The number of ether oxygens (including phenoxy) is 2. The lowest BCUT2D eigenvalue weighted by atomic mass is 10.1. The molecule has 1 amide bonds. The lowest BCUT2D eigenvalue weighted by Crippen LogP contribution is -2.42. The Morgan fingerprint density at radius 2 is 2.00 bits per heavy atom. The van der Waals surface area contributed by atoms with E-state index in [4.69, 9.17) is 14.5 Å². The van der Waals surface area contributed by atoms with Crippen molar-refractivity contribution in [2.75, 3.05) is 13.1 Å². The van der Waals surface area contributed by atoms with E-state index in [2.05, 4.69) is 34.8 Å². The number of unbranched alkanes of at least 4 members (excludes halogenated alkanes) is 1. The van der Waals surface area contributed by atoms with Crippen LogP contribution in [-0.4, -0.2) is 45.4 Å². The Labute approximate surface area is 203 Å². The number of likely N-dealkylation sites (tertiary alicyclic amines) is 1. The monoisotopic (exact) mass is 466 g/mol. The fraction of sp³-hybridized carbons (Fsp3) is 0.519. The average molecular weight is 467 g/mol. The highest BCUT2D eigenvalue weighted by Crippen LogP contribution is 2.36. The molecule has 1 aliphatic rings. The maximum Gasteiger partial charge on any atom is 0.410 e. The third kappa shape index (κ3) is 6.49. The second kappa shape index (κ2) is 11.4. The summed E-state index contributed by atoms with van der Waals surface area (Å²) in [6.45, 7) is 13.0. The smallest absolute Gasteiger partial charge is 0.410 e. The summed E-state index contributed by atoms with van der Waals surface area (Å²) in [5.74, 6) is 2.42. The molecule has 0 N–H and O–H groups in total. The van der Waals surface area contributed by atoms with Crippen molar-refractivity contribution in [3.8, 4) is 5.75 Å². The van der Waals surface area contributed by atoms with E-state index in [0.29, 0.717) is 13.1 Å². The molecule has 0 unspecified atom stereocenters. The number of rotatable bonds is 7. The van der Waals surface area contributed by atoms with Crippen molar-refractivity contribution in [3.05, 3.63) is 47.9 Å². The molecule has 1 fully saturated rings. The number of hydrogen-bond acceptors (Lipinski definition) is 5. The standard InChI is InChI=1S/C27H38N4O3/c1-7-9-11-24(33-23-12-10-16-29-20(23)3)22-15-19-31(25(22)28-8-2)21-13-17-30(18-14-21)26(32)34-27(4,5)6/h8,10-12,15-16,19,21H,7,9,13-14,17-18H2,1-6H3. The molecule has 0 aromatic carbocycles. The molecule has 0 bridgehead atoms. The fourth-order valence-corrected chi connectivity index (χ4v) is 4.02. The SMILES string of the molecule is CC=Nc1c(C(=CCCC)Oc2cccnc2C)ccn1C1CCN(C(=O)OC(C)(C)C)CC1. The maximum atomic E-state index is 12.5. The number of aryl methyl sites for hydroxylation is 1.